The average Bonchev–Trinajstić information content (AvgIpc) is 2.89. The lowest BCUT2D eigenvalue weighted by Crippen LogP contribution is -2.33. The molecule has 0 spiro atoms. The van der Waals surface area contributed by atoms with Gasteiger partial charge in [0.25, 0.3) is 0 Å². The molecule has 0 unspecified atom stereocenters. The summed E-state index contributed by atoms with van der Waals surface area (Å²) < 4.78 is 5.58. The largest absolute Gasteiger partial charge is 0.492 e. The third-order valence-corrected chi connectivity index (χ3v) is 4.01. The monoisotopic (exact) mass is 355 g/mol. The van der Waals surface area contributed by atoms with Gasteiger partial charge in [-0.25, -0.2) is 0 Å². The number of ether oxygens (including phenoxy) is 1. The zero-order valence-electron chi connectivity index (χ0n) is 13.9. The summed E-state index contributed by atoms with van der Waals surface area (Å²) in [5, 5.41) is 5.56. The fraction of sp³-hybridized carbons (Fsp3) is 0.529. The summed E-state index contributed by atoms with van der Waals surface area (Å²) in [7, 11) is 0. The third kappa shape index (κ3) is 6.76. The van der Waals surface area contributed by atoms with Crippen molar-refractivity contribution < 1.29 is 14.3 Å². The summed E-state index contributed by atoms with van der Waals surface area (Å²) in [4.78, 5) is 22.9. The zero-order valence-corrected chi connectivity index (χ0v) is 14.7. The highest BCUT2D eigenvalue weighted by atomic mass is 35.5. The van der Waals surface area contributed by atoms with E-state index in [-0.39, 0.29) is 30.3 Å². The molecule has 24 heavy (non-hydrogen) atoms. The quantitative estimate of drug-likeness (QED) is 0.653. The number of benzene rings is 1. The van der Waals surface area contributed by atoms with Gasteiger partial charge in [-0.15, -0.1) is 12.4 Å². The number of rotatable bonds is 7. The molecule has 0 bridgehead atoms. The third-order valence-electron chi connectivity index (χ3n) is 4.01. The summed E-state index contributed by atoms with van der Waals surface area (Å²) in [6.45, 7) is 2.29. The lowest BCUT2D eigenvalue weighted by Gasteiger charge is -2.15. The van der Waals surface area contributed by atoms with E-state index in [0.717, 1.165) is 19.3 Å². The van der Waals surface area contributed by atoms with Crippen molar-refractivity contribution in [1.82, 2.24) is 5.32 Å². The molecule has 0 aliphatic heterocycles. The second kappa shape index (κ2) is 10.2. The van der Waals surface area contributed by atoms with E-state index in [4.69, 9.17) is 10.5 Å². The molecule has 7 heteroatoms. The molecule has 0 heterocycles. The Bertz CT molecular complexity index is 554. The van der Waals surface area contributed by atoms with Crippen LogP contribution in [0.1, 0.15) is 32.6 Å². The van der Waals surface area contributed by atoms with Crippen LogP contribution >= 0.6 is 12.4 Å². The standard InChI is InChI=1S/C17H25N3O3.ClH/c1-12(21)20-14-5-3-6-15(11-14)23-9-8-19-17(22)10-13-4-2-7-16(13)18;/h3,5-6,11,13,16H,2,4,7-10,18H2,1H3,(H,19,22)(H,20,21);1H/t13-,16+;/m0./s1. The van der Waals surface area contributed by atoms with Crippen LogP contribution in [0.25, 0.3) is 0 Å². The highest BCUT2D eigenvalue weighted by Gasteiger charge is 2.25. The van der Waals surface area contributed by atoms with Crippen LogP contribution in [0, 0.1) is 5.92 Å². The number of halogens is 1. The maximum Gasteiger partial charge on any atom is 0.221 e. The molecular weight excluding hydrogens is 330 g/mol. The van der Waals surface area contributed by atoms with Crippen LogP contribution in [-0.4, -0.2) is 31.0 Å². The van der Waals surface area contributed by atoms with Crippen molar-refractivity contribution in [2.75, 3.05) is 18.5 Å². The number of amides is 2. The predicted molar refractivity (Wildman–Crippen MR) is 96.4 cm³/mol. The minimum absolute atomic E-state index is 0. The van der Waals surface area contributed by atoms with Crippen molar-refractivity contribution in [1.29, 1.82) is 0 Å². The lowest BCUT2D eigenvalue weighted by molar-refractivity contribution is -0.122. The number of anilines is 1. The Balaban J connectivity index is 0.00000288. The van der Waals surface area contributed by atoms with Gasteiger partial charge in [0.15, 0.2) is 0 Å². The van der Waals surface area contributed by atoms with Crippen molar-refractivity contribution in [3.05, 3.63) is 24.3 Å². The lowest BCUT2D eigenvalue weighted by atomic mass is 10.00. The summed E-state index contributed by atoms with van der Waals surface area (Å²) in [5.41, 5.74) is 6.66. The first-order valence-electron chi connectivity index (χ1n) is 8.07. The Morgan fingerprint density at radius 3 is 2.79 bits per heavy atom. The first-order valence-corrected chi connectivity index (χ1v) is 8.07. The molecule has 1 aliphatic carbocycles. The SMILES string of the molecule is CC(=O)Nc1cccc(OCCNC(=O)C[C@@H]2CCC[C@H]2N)c1.Cl. The molecule has 1 aromatic rings. The van der Waals surface area contributed by atoms with Gasteiger partial charge in [-0.05, 0) is 30.9 Å². The van der Waals surface area contributed by atoms with Crippen molar-refractivity contribution >= 4 is 29.9 Å². The molecule has 2 atom stereocenters. The van der Waals surface area contributed by atoms with Gasteiger partial charge in [-0.1, -0.05) is 12.5 Å². The Morgan fingerprint density at radius 1 is 1.33 bits per heavy atom. The Labute approximate surface area is 148 Å². The van der Waals surface area contributed by atoms with E-state index in [2.05, 4.69) is 10.6 Å². The number of nitrogens with two attached hydrogens (primary N) is 1. The molecule has 2 amide bonds. The summed E-state index contributed by atoms with van der Waals surface area (Å²) in [6.07, 6.45) is 3.68. The van der Waals surface area contributed by atoms with E-state index in [1.54, 1.807) is 18.2 Å². The average molecular weight is 356 g/mol. The van der Waals surface area contributed by atoms with Gasteiger partial charge in [0.2, 0.25) is 11.8 Å². The van der Waals surface area contributed by atoms with Crippen LogP contribution in [0.3, 0.4) is 0 Å². The second-order valence-electron chi connectivity index (χ2n) is 5.97. The molecule has 4 N–H and O–H groups in total. The number of carbonyl (C=O) groups excluding carboxylic acids is 2. The van der Waals surface area contributed by atoms with Crippen molar-refractivity contribution in [2.45, 2.75) is 38.6 Å². The van der Waals surface area contributed by atoms with E-state index in [9.17, 15) is 9.59 Å². The number of nitrogens with one attached hydrogen (secondary N) is 2. The van der Waals surface area contributed by atoms with E-state index in [0.29, 0.717) is 36.9 Å². The molecule has 134 valence electrons. The molecule has 0 saturated heterocycles. The van der Waals surface area contributed by atoms with E-state index < -0.39 is 0 Å². The summed E-state index contributed by atoms with van der Waals surface area (Å²) in [5.74, 6) is 0.871. The first kappa shape index (κ1) is 20.3. The van der Waals surface area contributed by atoms with Crippen LogP contribution in [0.2, 0.25) is 0 Å². The van der Waals surface area contributed by atoms with Gasteiger partial charge in [0, 0.05) is 31.1 Å². The molecule has 6 nitrogen and oxygen atoms in total. The van der Waals surface area contributed by atoms with Crippen molar-refractivity contribution in [2.24, 2.45) is 11.7 Å². The van der Waals surface area contributed by atoms with Crippen LogP contribution in [0.15, 0.2) is 24.3 Å². The molecule has 2 rings (SSSR count). The van der Waals surface area contributed by atoms with Gasteiger partial charge < -0.3 is 21.1 Å². The van der Waals surface area contributed by atoms with E-state index in [1.165, 1.54) is 6.92 Å². The Kier molecular flexibility index (Phi) is 8.57. The van der Waals surface area contributed by atoms with Gasteiger partial charge in [0.05, 0.1) is 6.54 Å². The maximum absolute atomic E-state index is 11.9. The number of carbonyl (C=O) groups is 2. The second-order valence-corrected chi connectivity index (χ2v) is 5.97. The topological polar surface area (TPSA) is 93.5 Å². The highest BCUT2D eigenvalue weighted by molar-refractivity contribution is 5.88. The smallest absolute Gasteiger partial charge is 0.221 e. The number of hydrogen-bond donors (Lipinski definition) is 3. The predicted octanol–water partition coefficient (Wildman–Crippen LogP) is 2.08. The molecule has 1 aromatic carbocycles. The number of hydrogen-bond acceptors (Lipinski definition) is 4. The first-order chi connectivity index (χ1) is 11.0. The van der Waals surface area contributed by atoms with Crippen LogP contribution in [-0.2, 0) is 9.59 Å². The van der Waals surface area contributed by atoms with E-state index in [1.807, 2.05) is 6.07 Å². The van der Waals surface area contributed by atoms with Gasteiger partial charge in [0.1, 0.15) is 12.4 Å². The minimum Gasteiger partial charge on any atom is -0.492 e. The van der Waals surface area contributed by atoms with Crippen molar-refractivity contribution in [3.63, 3.8) is 0 Å². The highest BCUT2D eigenvalue weighted by Crippen LogP contribution is 2.26. The molecule has 0 aromatic heterocycles. The normalized spacial score (nSPS) is 19.2. The molecular formula is C17H26ClN3O3. The summed E-state index contributed by atoms with van der Waals surface area (Å²) in [6, 6.07) is 7.32. The van der Waals surface area contributed by atoms with Crippen LogP contribution < -0.4 is 21.1 Å². The van der Waals surface area contributed by atoms with Gasteiger partial charge >= 0.3 is 0 Å². The molecule has 1 fully saturated rings. The fourth-order valence-corrected chi connectivity index (χ4v) is 2.86. The van der Waals surface area contributed by atoms with Gasteiger partial charge in [-0.2, -0.15) is 0 Å². The van der Waals surface area contributed by atoms with E-state index >= 15 is 0 Å². The Morgan fingerprint density at radius 2 is 2.12 bits per heavy atom. The summed E-state index contributed by atoms with van der Waals surface area (Å²) >= 11 is 0. The van der Waals surface area contributed by atoms with Crippen LogP contribution in [0.4, 0.5) is 5.69 Å². The van der Waals surface area contributed by atoms with Gasteiger partial charge in [-0.3, -0.25) is 9.59 Å². The zero-order chi connectivity index (χ0) is 16.7. The minimum atomic E-state index is -0.125. The maximum atomic E-state index is 11.9. The molecule has 1 aliphatic rings. The van der Waals surface area contributed by atoms with Crippen LogP contribution in [0.5, 0.6) is 5.75 Å². The molecule has 1 saturated carbocycles. The molecule has 0 radical (unpaired) electrons. The van der Waals surface area contributed by atoms with Crippen molar-refractivity contribution in [3.8, 4) is 5.75 Å². The fourth-order valence-electron chi connectivity index (χ4n) is 2.86. The Hall–Kier alpha value is -1.79.